The number of ether oxygens (including phenoxy) is 1. The lowest BCUT2D eigenvalue weighted by Gasteiger charge is -2.29. The molecule has 190 valence electrons. The number of carbonyl (C=O) groups is 3. The van der Waals surface area contributed by atoms with Gasteiger partial charge in [0.05, 0.1) is 24.6 Å². The topological polar surface area (TPSA) is 104 Å². The highest BCUT2D eigenvalue weighted by molar-refractivity contribution is 6.26. The number of H-pyrrole nitrogens is 1. The highest BCUT2D eigenvalue weighted by Gasteiger charge is 2.70. The molecule has 4 aromatic rings. The normalized spacial score (nSPS) is 25.8. The van der Waals surface area contributed by atoms with Gasteiger partial charge in [0.1, 0.15) is 11.3 Å². The fraction of sp³-hybridized carbons (Fsp3) is 0.233. The number of hydrogen-bond acceptors (Lipinski definition) is 5. The molecule has 8 heteroatoms. The van der Waals surface area contributed by atoms with Crippen molar-refractivity contribution >= 4 is 40.0 Å². The van der Waals surface area contributed by atoms with E-state index < -0.39 is 23.4 Å². The summed E-state index contributed by atoms with van der Waals surface area (Å²) in [5, 5.41) is 7.62. The second-order valence-electron chi connectivity index (χ2n) is 10.3. The molecular formula is C30H26N4O4. The molecule has 3 N–H and O–H groups in total. The summed E-state index contributed by atoms with van der Waals surface area (Å²) >= 11 is 0. The highest BCUT2D eigenvalue weighted by Crippen LogP contribution is 2.54. The van der Waals surface area contributed by atoms with Crippen molar-refractivity contribution < 1.29 is 19.1 Å². The second kappa shape index (κ2) is 8.03. The number of rotatable bonds is 4. The lowest BCUT2D eigenvalue weighted by Crippen LogP contribution is -2.53. The van der Waals surface area contributed by atoms with Gasteiger partial charge < -0.3 is 15.0 Å². The maximum absolute atomic E-state index is 14.2. The number of nitrogens with one attached hydrogen (secondary N) is 3. The molecule has 0 aliphatic carbocycles. The van der Waals surface area contributed by atoms with Gasteiger partial charge in [-0.2, -0.15) is 0 Å². The van der Waals surface area contributed by atoms with E-state index >= 15 is 0 Å². The Balaban J connectivity index is 1.38. The standard InChI is InChI=1S/C30H26N4O4/c1-16-7-5-11-21-26(16)32-29(37)30(21)25-24(23(33-30)13-17-15-31-22-12-4-3-10-20(17)22)27(35)34(28(25)36)18-8-6-9-19(14-18)38-2/h3-12,14-15,23-25,31,33H,13H2,1-2H3,(H,32,37)/t23-,24+,25+,30+/m0/s1. The van der Waals surface area contributed by atoms with Crippen LogP contribution in [-0.4, -0.2) is 35.9 Å². The van der Waals surface area contributed by atoms with E-state index in [0.717, 1.165) is 22.0 Å². The maximum atomic E-state index is 14.2. The Morgan fingerprint density at radius 3 is 2.63 bits per heavy atom. The van der Waals surface area contributed by atoms with Gasteiger partial charge in [0.2, 0.25) is 17.7 Å². The molecule has 8 nitrogen and oxygen atoms in total. The van der Waals surface area contributed by atoms with Gasteiger partial charge in [0.15, 0.2) is 0 Å². The molecule has 0 saturated carbocycles. The van der Waals surface area contributed by atoms with E-state index in [4.69, 9.17) is 4.74 Å². The number of aromatic nitrogens is 1. The third-order valence-electron chi connectivity index (χ3n) is 8.38. The van der Waals surface area contributed by atoms with Crippen molar-refractivity contribution in [1.29, 1.82) is 0 Å². The Labute approximate surface area is 219 Å². The van der Waals surface area contributed by atoms with Gasteiger partial charge in [-0.1, -0.05) is 42.5 Å². The summed E-state index contributed by atoms with van der Waals surface area (Å²) in [6.07, 6.45) is 2.42. The second-order valence-corrected chi connectivity index (χ2v) is 10.3. The highest BCUT2D eigenvalue weighted by atomic mass is 16.5. The summed E-state index contributed by atoms with van der Waals surface area (Å²) in [6, 6.07) is 20.2. The number of nitrogens with zero attached hydrogens (tertiary/aromatic N) is 1. The summed E-state index contributed by atoms with van der Waals surface area (Å²) in [4.78, 5) is 46.7. The third-order valence-corrected chi connectivity index (χ3v) is 8.38. The molecule has 4 heterocycles. The largest absolute Gasteiger partial charge is 0.497 e. The minimum atomic E-state index is -1.34. The lowest BCUT2D eigenvalue weighted by atomic mass is 9.76. The molecule has 3 aromatic carbocycles. The van der Waals surface area contributed by atoms with Crippen molar-refractivity contribution in [2.75, 3.05) is 17.3 Å². The van der Waals surface area contributed by atoms with Crippen LogP contribution in [-0.2, 0) is 26.3 Å². The van der Waals surface area contributed by atoms with Crippen LogP contribution >= 0.6 is 0 Å². The summed E-state index contributed by atoms with van der Waals surface area (Å²) in [7, 11) is 1.54. The van der Waals surface area contributed by atoms with Crippen molar-refractivity contribution in [3.8, 4) is 5.75 Å². The van der Waals surface area contributed by atoms with Crippen molar-refractivity contribution in [2.24, 2.45) is 11.8 Å². The smallest absolute Gasteiger partial charge is 0.250 e. The van der Waals surface area contributed by atoms with Crippen LogP contribution in [0, 0.1) is 18.8 Å². The van der Waals surface area contributed by atoms with Crippen LogP contribution in [0.15, 0.2) is 72.9 Å². The van der Waals surface area contributed by atoms with Gasteiger partial charge in [0, 0.05) is 40.5 Å². The van der Waals surface area contributed by atoms with E-state index in [-0.39, 0.29) is 17.7 Å². The van der Waals surface area contributed by atoms with Gasteiger partial charge in [-0.25, -0.2) is 4.90 Å². The van der Waals surface area contributed by atoms with Crippen molar-refractivity contribution in [1.82, 2.24) is 10.3 Å². The van der Waals surface area contributed by atoms with Crippen LogP contribution in [0.25, 0.3) is 10.9 Å². The first kappa shape index (κ1) is 22.7. The molecular weight excluding hydrogens is 480 g/mol. The molecule has 1 aromatic heterocycles. The number of amides is 3. The van der Waals surface area contributed by atoms with E-state index in [0.29, 0.717) is 29.1 Å². The predicted octanol–water partition coefficient (Wildman–Crippen LogP) is 3.65. The zero-order valence-corrected chi connectivity index (χ0v) is 20.9. The minimum absolute atomic E-state index is 0.299. The first-order valence-corrected chi connectivity index (χ1v) is 12.7. The fourth-order valence-corrected chi connectivity index (χ4v) is 6.69. The Morgan fingerprint density at radius 1 is 0.974 bits per heavy atom. The number of methoxy groups -OCH3 is 1. The van der Waals surface area contributed by atoms with Crippen molar-refractivity contribution in [2.45, 2.75) is 24.9 Å². The summed E-state index contributed by atoms with van der Waals surface area (Å²) in [5.41, 5.74) is 3.45. The minimum Gasteiger partial charge on any atom is -0.497 e. The SMILES string of the molecule is COc1cccc(N2C(=O)[C@@H]3[C@H](Cc4c[nH]c5ccccc45)N[C@@]4(C(=O)Nc5c(C)cccc54)[C@H]3C2=O)c1. The van der Waals surface area contributed by atoms with E-state index in [1.54, 1.807) is 31.4 Å². The molecule has 0 radical (unpaired) electrons. The van der Waals surface area contributed by atoms with Gasteiger partial charge in [-0.15, -0.1) is 0 Å². The Morgan fingerprint density at radius 2 is 1.79 bits per heavy atom. The number of aryl methyl sites for hydroxylation is 1. The van der Waals surface area contributed by atoms with Crippen LogP contribution in [0.4, 0.5) is 11.4 Å². The predicted molar refractivity (Wildman–Crippen MR) is 143 cm³/mol. The Hall–Kier alpha value is -4.43. The molecule has 3 amide bonds. The molecule has 0 bridgehead atoms. The zero-order chi connectivity index (χ0) is 26.2. The molecule has 1 spiro atoms. The molecule has 4 atom stereocenters. The van der Waals surface area contributed by atoms with Crippen LogP contribution in [0.3, 0.4) is 0 Å². The zero-order valence-electron chi connectivity index (χ0n) is 20.9. The number of carbonyl (C=O) groups excluding carboxylic acids is 3. The average molecular weight is 507 g/mol. The number of benzene rings is 3. The fourth-order valence-electron chi connectivity index (χ4n) is 6.69. The van der Waals surface area contributed by atoms with E-state index in [1.165, 1.54) is 4.90 Å². The monoisotopic (exact) mass is 506 g/mol. The first-order chi connectivity index (χ1) is 18.4. The first-order valence-electron chi connectivity index (χ1n) is 12.7. The summed E-state index contributed by atoms with van der Waals surface area (Å²) < 4.78 is 5.35. The van der Waals surface area contributed by atoms with Crippen LogP contribution in [0.1, 0.15) is 16.7 Å². The lowest BCUT2D eigenvalue weighted by molar-refractivity contribution is -0.130. The molecule has 3 aliphatic heterocycles. The Bertz CT molecular complexity index is 1660. The molecule has 3 aliphatic rings. The summed E-state index contributed by atoms with van der Waals surface area (Å²) in [5.74, 6) is -2.06. The number of anilines is 2. The van der Waals surface area contributed by atoms with E-state index in [2.05, 4.69) is 15.6 Å². The van der Waals surface area contributed by atoms with Gasteiger partial charge in [0.25, 0.3) is 0 Å². The quantitative estimate of drug-likeness (QED) is 0.367. The maximum Gasteiger partial charge on any atom is 0.250 e. The summed E-state index contributed by atoms with van der Waals surface area (Å²) in [6.45, 7) is 1.93. The van der Waals surface area contributed by atoms with Gasteiger partial charge >= 0.3 is 0 Å². The molecule has 7 rings (SSSR count). The van der Waals surface area contributed by atoms with Gasteiger partial charge in [-0.3, -0.25) is 19.7 Å². The molecule has 0 unspecified atom stereocenters. The van der Waals surface area contributed by atoms with Crippen LogP contribution in [0.5, 0.6) is 5.75 Å². The Kier molecular flexibility index (Phi) is 4.81. The average Bonchev–Trinajstić information content (AvgIpc) is 3.64. The van der Waals surface area contributed by atoms with Crippen molar-refractivity contribution in [3.05, 3.63) is 89.6 Å². The number of para-hydroxylation sites is 2. The van der Waals surface area contributed by atoms with E-state index in [1.807, 2.05) is 55.6 Å². The number of imide groups is 1. The third kappa shape index (κ3) is 2.92. The number of hydrogen-bond donors (Lipinski definition) is 3. The molecule has 2 fully saturated rings. The van der Waals surface area contributed by atoms with Crippen LogP contribution < -0.4 is 20.3 Å². The molecule has 38 heavy (non-hydrogen) atoms. The number of fused-ring (bicyclic) bond motifs is 5. The molecule has 2 saturated heterocycles. The van der Waals surface area contributed by atoms with Gasteiger partial charge in [-0.05, 0) is 42.7 Å². The van der Waals surface area contributed by atoms with E-state index in [9.17, 15) is 14.4 Å². The van der Waals surface area contributed by atoms with Crippen LogP contribution in [0.2, 0.25) is 0 Å². The van der Waals surface area contributed by atoms with Crippen molar-refractivity contribution in [3.63, 3.8) is 0 Å². The number of aromatic amines is 1.